The average Bonchev–Trinajstić information content (AvgIpc) is 2.40. The number of thioether (sulfide) groups is 1. The molecule has 3 heteroatoms. The molecule has 0 saturated carbocycles. The van der Waals surface area contributed by atoms with E-state index in [1.807, 2.05) is 11.8 Å². The molecule has 0 saturated heterocycles. The maximum absolute atomic E-state index is 5.66. The maximum atomic E-state index is 5.66. The molecule has 0 amide bonds. The molecule has 0 heterocycles. The lowest BCUT2D eigenvalue weighted by Gasteiger charge is -2.23. The summed E-state index contributed by atoms with van der Waals surface area (Å²) in [5, 5.41) is 3.59. The van der Waals surface area contributed by atoms with Gasteiger partial charge in [0, 0.05) is 17.4 Å². The molecule has 1 aromatic carbocycles. The van der Waals surface area contributed by atoms with E-state index >= 15 is 0 Å². The number of ether oxygens (including phenoxy) is 1. The van der Waals surface area contributed by atoms with E-state index in [0.29, 0.717) is 6.04 Å². The molecular weight excluding hydrogens is 266 g/mol. The number of rotatable bonds is 8. The highest BCUT2D eigenvalue weighted by Crippen LogP contribution is 2.32. The minimum atomic E-state index is 0.359. The van der Waals surface area contributed by atoms with Crippen molar-refractivity contribution in [3.05, 3.63) is 28.8 Å². The van der Waals surface area contributed by atoms with Crippen molar-refractivity contribution in [3.63, 3.8) is 0 Å². The molecule has 1 aromatic rings. The summed E-state index contributed by atoms with van der Waals surface area (Å²) in [6.07, 6.45) is 0. The summed E-state index contributed by atoms with van der Waals surface area (Å²) >= 11 is 2.02. The van der Waals surface area contributed by atoms with Crippen LogP contribution in [-0.2, 0) is 0 Å². The number of nitrogens with one attached hydrogen (secondary N) is 1. The fourth-order valence-corrected chi connectivity index (χ4v) is 3.42. The summed E-state index contributed by atoms with van der Waals surface area (Å²) in [5.41, 5.74) is 3.83. The highest BCUT2D eigenvalue weighted by Gasteiger charge is 2.17. The maximum Gasteiger partial charge on any atom is 0.126 e. The zero-order valence-corrected chi connectivity index (χ0v) is 14.6. The molecule has 0 aromatic heterocycles. The average molecular weight is 295 g/mol. The van der Waals surface area contributed by atoms with Gasteiger partial charge < -0.3 is 10.1 Å². The number of aryl methyl sites for hydroxylation is 1. The SMILES string of the molecule is CCNC(CSCC(C)C)c1ccc(C)c(C)c1OC. The zero-order valence-electron chi connectivity index (χ0n) is 13.7. The van der Waals surface area contributed by atoms with Gasteiger partial charge in [0.15, 0.2) is 0 Å². The summed E-state index contributed by atoms with van der Waals surface area (Å²) in [7, 11) is 1.77. The topological polar surface area (TPSA) is 21.3 Å². The molecule has 20 heavy (non-hydrogen) atoms. The Balaban J connectivity index is 2.93. The molecular formula is C17H29NOS. The monoisotopic (exact) mass is 295 g/mol. The Labute approximate surface area is 128 Å². The van der Waals surface area contributed by atoms with E-state index in [4.69, 9.17) is 4.74 Å². The highest BCUT2D eigenvalue weighted by atomic mass is 32.2. The Kier molecular flexibility index (Phi) is 7.46. The second-order valence-electron chi connectivity index (χ2n) is 5.67. The van der Waals surface area contributed by atoms with Crippen molar-refractivity contribution in [1.29, 1.82) is 0 Å². The second kappa shape index (κ2) is 8.58. The first-order valence-corrected chi connectivity index (χ1v) is 8.61. The summed E-state index contributed by atoms with van der Waals surface area (Å²) in [6.45, 7) is 12.0. The smallest absolute Gasteiger partial charge is 0.126 e. The van der Waals surface area contributed by atoms with Crippen LogP contribution in [0.1, 0.15) is 43.5 Å². The van der Waals surface area contributed by atoms with E-state index in [1.54, 1.807) is 7.11 Å². The van der Waals surface area contributed by atoms with Crippen LogP contribution >= 0.6 is 11.8 Å². The van der Waals surface area contributed by atoms with Crippen LogP contribution in [0.5, 0.6) is 5.75 Å². The standard InChI is InChI=1S/C17H29NOS/c1-7-18-16(11-20-10-12(2)3)15-9-8-13(4)14(5)17(15)19-6/h8-9,12,16,18H,7,10-11H2,1-6H3. The first-order chi connectivity index (χ1) is 9.51. The van der Waals surface area contributed by atoms with Crippen LogP contribution in [0.15, 0.2) is 12.1 Å². The van der Waals surface area contributed by atoms with Crippen molar-refractivity contribution in [1.82, 2.24) is 5.32 Å². The van der Waals surface area contributed by atoms with E-state index < -0.39 is 0 Å². The molecule has 0 aliphatic heterocycles. The molecule has 0 aliphatic rings. The van der Waals surface area contributed by atoms with Crippen LogP contribution in [0.25, 0.3) is 0 Å². The van der Waals surface area contributed by atoms with Gasteiger partial charge in [-0.1, -0.05) is 32.9 Å². The van der Waals surface area contributed by atoms with Crippen LogP contribution in [0, 0.1) is 19.8 Å². The molecule has 0 aliphatic carbocycles. The van der Waals surface area contributed by atoms with Crippen molar-refractivity contribution in [2.45, 2.75) is 40.7 Å². The molecule has 0 bridgehead atoms. The third-order valence-corrected chi connectivity index (χ3v) is 4.94. The highest BCUT2D eigenvalue weighted by molar-refractivity contribution is 7.99. The molecule has 114 valence electrons. The van der Waals surface area contributed by atoms with Crippen LogP contribution in [-0.4, -0.2) is 25.2 Å². The Morgan fingerprint density at radius 1 is 1.20 bits per heavy atom. The van der Waals surface area contributed by atoms with Gasteiger partial charge >= 0.3 is 0 Å². The number of methoxy groups -OCH3 is 1. The van der Waals surface area contributed by atoms with E-state index in [0.717, 1.165) is 24.0 Å². The lowest BCUT2D eigenvalue weighted by Crippen LogP contribution is -2.24. The lowest BCUT2D eigenvalue weighted by molar-refractivity contribution is 0.399. The van der Waals surface area contributed by atoms with Gasteiger partial charge in [0.1, 0.15) is 5.75 Å². The van der Waals surface area contributed by atoms with Gasteiger partial charge in [0.05, 0.1) is 7.11 Å². The largest absolute Gasteiger partial charge is 0.496 e. The summed E-state index contributed by atoms with van der Waals surface area (Å²) in [5.74, 6) is 4.07. The van der Waals surface area contributed by atoms with Gasteiger partial charge in [-0.2, -0.15) is 11.8 Å². The van der Waals surface area contributed by atoms with Gasteiger partial charge in [-0.25, -0.2) is 0 Å². The van der Waals surface area contributed by atoms with Crippen LogP contribution < -0.4 is 10.1 Å². The van der Waals surface area contributed by atoms with Crippen LogP contribution in [0.4, 0.5) is 0 Å². The van der Waals surface area contributed by atoms with Crippen molar-refractivity contribution < 1.29 is 4.74 Å². The molecule has 0 fully saturated rings. The van der Waals surface area contributed by atoms with Crippen molar-refractivity contribution in [3.8, 4) is 5.75 Å². The third-order valence-electron chi connectivity index (χ3n) is 3.47. The lowest BCUT2D eigenvalue weighted by atomic mass is 10.00. The van der Waals surface area contributed by atoms with Gasteiger partial charge in [-0.3, -0.25) is 0 Å². The Morgan fingerprint density at radius 2 is 1.90 bits per heavy atom. The molecule has 1 unspecified atom stereocenters. The van der Waals surface area contributed by atoms with Crippen molar-refractivity contribution in [2.75, 3.05) is 25.2 Å². The predicted octanol–water partition coefficient (Wildman–Crippen LogP) is 4.35. The molecule has 2 nitrogen and oxygen atoms in total. The van der Waals surface area contributed by atoms with Crippen molar-refractivity contribution in [2.24, 2.45) is 5.92 Å². The summed E-state index contributed by atoms with van der Waals surface area (Å²) in [6, 6.07) is 4.77. The van der Waals surface area contributed by atoms with E-state index in [2.05, 4.69) is 52.1 Å². The van der Waals surface area contributed by atoms with Crippen LogP contribution in [0.3, 0.4) is 0 Å². The molecule has 0 radical (unpaired) electrons. The first kappa shape index (κ1) is 17.4. The normalized spacial score (nSPS) is 12.8. The molecule has 0 spiro atoms. The number of hydrogen-bond donors (Lipinski definition) is 1. The Bertz CT molecular complexity index is 418. The molecule has 1 rings (SSSR count). The van der Waals surface area contributed by atoms with Gasteiger partial charge in [-0.15, -0.1) is 0 Å². The van der Waals surface area contributed by atoms with E-state index in [9.17, 15) is 0 Å². The number of benzene rings is 1. The fourth-order valence-electron chi connectivity index (χ4n) is 2.28. The van der Waals surface area contributed by atoms with Crippen molar-refractivity contribution >= 4 is 11.8 Å². The van der Waals surface area contributed by atoms with E-state index in [-0.39, 0.29) is 0 Å². The predicted molar refractivity (Wildman–Crippen MR) is 91.0 cm³/mol. The Morgan fingerprint density at radius 3 is 2.45 bits per heavy atom. The second-order valence-corrected chi connectivity index (χ2v) is 6.75. The molecule has 1 N–H and O–H groups in total. The first-order valence-electron chi connectivity index (χ1n) is 7.46. The minimum absolute atomic E-state index is 0.359. The third kappa shape index (κ3) is 4.71. The zero-order chi connectivity index (χ0) is 15.1. The summed E-state index contributed by atoms with van der Waals surface area (Å²) < 4.78 is 5.66. The minimum Gasteiger partial charge on any atom is -0.496 e. The van der Waals surface area contributed by atoms with E-state index in [1.165, 1.54) is 22.4 Å². The van der Waals surface area contributed by atoms with Gasteiger partial charge in [0.25, 0.3) is 0 Å². The number of hydrogen-bond acceptors (Lipinski definition) is 3. The van der Waals surface area contributed by atoms with Gasteiger partial charge in [-0.05, 0) is 43.2 Å². The van der Waals surface area contributed by atoms with Crippen LogP contribution in [0.2, 0.25) is 0 Å². The fraction of sp³-hybridized carbons (Fsp3) is 0.647. The summed E-state index contributed by atoms with van der Waals surface area (Å²) in [4.78, 5) is 0. The molecule has 1 atom stereocenters. The quantitative estimate of drug-likeness (QED) is 0.770. The van der Waals surface area contributed by atoms with Gasteiger partial charge in [0.2, 0.25) is 0 Å². The Hall–Kier alpha value is -0.670.